The zero-order valence-corrected chi connectivity index (χ0v) is 13.2. The fraction of sp³-hybridized carbons (Fsp3) is 0. The Balaban J connectivity index is 2.06. The lowest BCUT2D eigenvalue weighted by Crippen LogP contribution is -2.20. The van der Waals surface area contributed by atoms with E-state index in [1.165, 1.54) is 0 Å². The summed E-state index contributed by atoms with van der Waals surface area (Å²) < 4.78 is 0. The first-order valence-electron chi connectivity index (χ1n) is 7.73. The van der Waals surface area contributed by atoms with Crippen LogP contribution in [0.25, 0.3) is 0 Å². The number of nitrogens with zero attached hydrogens (tertiary/aromatic N) is 3. The standard InChI is InChI=1S/C21H17N3/c1-3-9-15-22-19(13-7-1)18-12-6-5-11-17-24-21(18)20-14-8-2-4-10-16-23-20/h1-17H/b3-1+,4-2?,6-5-,7-1?,8-2?,9-3?,10-4?,11-5?,12-6?,13-7?,14-8-,15-9-,16-10?,17-11-,18-12?,19-13?,20-14?,21-18?,22-15?,22-19?,23-16?,23-20?,24-17?,24-21?. The van der Waals surface area contributed by atoms with Crippen LogP contribution < -0.4 is 0 Å². The summed E-state index contributed by atoms with van der Waals surface area (Å²) >= 11 is 0. The second-order valence-corrected chi connectivity index (χ2v) is 4.98. The Kier molecular flexibility index (Phi) is 5.41. The summed E-state index contributed by atoms with van der Waals surface area (Å²) in [5, 5.41) is 0. The van der Waals surface area contributed by atoms with Gasteiger partial charge in [-0.2, -0.15) is 0 Å². The predicted molar refractivity (Wildman–Crippen MR) is 104 cm³/mol. The lowest BCUT2D eigenvalue weighted by molar-refractivity contribution is 1.50. The minimum Gasteiger partial charge on any atom is -0.256 e. The molecular formula is C21H17N3. The minimum absolute atomic E-state index is 0.785. The minimum atomic E-state index is 0.785. The van der Waals surface area contributed by atoms with Gasteiger partial charge in [-0.05, 0) is 30.4 Å². The molecule has 0 atom stereocenters. The van der Waals surface area contributed by atoms with Gasteiger partial charge in [0.15, 0.2) is 0 Å². The molecule has 116 valence electrons. The number of hydrogen-bond donors (Lipinski definition) is 0. The van der Waals surface area contributed by atoms with Crippen LogP contribution in [0.15, 0.2) is 124 Å². The molecule has 0 aliphatic carbocycles. The van der Waals surface area contributed by atoms with E-state index in [0.29, 0.717) is 0 Å². The van der Waals surface area contributed by atoms with Gasteiger partial charge in [0.05, 0.1) is 17.1 Å². The highest BCUT2D eigenvalue weighted by atomic mass is 14.8. The highest BCUT2D eigenvalue weighted by Crippen LogP contribution is 2.12. The molecule has 24 heavy (non-hydrogen) atoms. The van der Waals surface area contributed by atoms with Crippen molar-refractivity contribution < 1.29 is 0 Å². The van der Waals surface area contributed by atoms with Gasteiger partial charge in [0.1, 0.15) is 0 Å². The molecule has 3 heterocycles. The highest BCUT2D eigenvalue weighted by Gasteiger charge is 2.16. The molecule has 0 bridgehead atoms. The van der Waals surface area contributed by atoms with Gasteiger partial charge in [0, 0.05) is 24.2 Å². The van der Waals surface area contributed by atoms with Crippen molar-refractivity contribution in [1.29, 1.82) is 0 Å². The SMILES string of the molecule is C1=C/C=C\C(C2=N/C=C\C=C/C=C2C2=N/C=C\C=C\C=C2)=NC=C1. The summed E-state index contributed by atoms with van der Waals surface area (Å²) in [5.74, 6) is 0. The van der Waals surface area contributed by atoms with Crippen LogP contribution >= 0.6 is 0 Å². The lowest BCUT2D eigenvalue weighted by atomic mass is 9.98. The van der Waals surface area contributed by atoms with Crippen molar-refractivity contribution in [3.63, 3.8) is 0 Å². The second kappa shape index (κ2) is 8.34. The quantitative estimate of drug-likeness (QED) is 0.715. The van der Waals surface area contributed by atoms with Crippen LogP contribution in [0.2, 0.25) is 0 Å². The molecular weight excluding hydrogens is 294 g/mol. The molecule has 3 rings (SSSR count). The van der Waals surface area contributed by atoms with Crippen molar-refractivity contribution in [3.05, 3.63) is 109 Å². The molecule has 0 unspecified atom stereocenters. The molecule has 0 fully saturated rings. The summed E-state index contributed by atoms with van der Waals surface area (Å²) in [7, 11) is 0. The van der Waals surface area contributed by atoms with Crippen molar-refractivity contribution >= 4 is 17.1 Å². The van der Waals surface area contributed by atoms with Crippen LogP contribution in [0, 0.1) is 0 Å². The first-order valence-corrected chi connectivity index (χ1v) is 7.73. The van der Waals surface area contributed by atoms with E-state index < -0.39 is 0 Å². The molecule has 3 heteroatoms. The molecule has 0 N–H and O–H groups in total. The van der Waals surface area contributed by atoms with Gasteiger partial charge < -0.3 is 0 Å². The third kappa shape index (κ3) is 4.11. The maximum Gasteiger partial charge on any atom is 0.0980 e. The molecule has 0 spiro atoms. The largest absolute Gasteiger partial charge is 0.256 e. The molecule has 0 aromatic rings. The highest BCUT2D eigenvalue weighted by molar-refractivity contribution is 6.58. The summed E-state index contributed by atoms with van der Waals surface area (Å²) in [6.07, 6.45) is 32.6. The average molecular weight is 311 g/mol. The average Bonchev–Trinajstić information content (AvgIpc) is 2.49. The summed E-state index contributed by atoms with van der Waals surface area (Å²) in [6, 6.07) is 0. The molecule has 3 aliphatic heterocycles. The third-order valence-corrected chi connectivity index (χ3v) is 3.32. The topological polar surface area (TPSA) is 37.1 Å². The maximum atomic E-state index is 4.61. The van der Waals surface area contributed by atoms with Gasteiger partial charge >= 0.3 is 0 Å². The third-order valence-electron chi connectivity index (χ3n) is 3.32. The monoisotopic (exact) mass is 311 g/mol. The van der Waals surface area contributed by atoms with E-state index >= 15 is 0 Å². The Labute approximate surface area is 142 Å². The molecule has 0 saturated carbocycles. The number of rotatable bonds is 2. The van der Waals surface area contributed by atoms with Crippen LogP contribution in [-0.2, 0) is 0 Å². The molecule has 0 amide bonds. The van der Waals surface area contributed by atoms with Crippen molar-refractivity contribution in [2.75, 3.05) is 0 Å². The Hall–Kier alpha value is -3.33. The molecule has 0 saturated heterocycles. The fourth-order valence-electron chi connectivity index (χ4n) is 2.22. The first-order chi connectivity index (χ1) is 11.9. The van der Waals surface area contributed by atoms with E-state index in [0.717, 1.165) is 22.7 Å². The van der Waals surface area contributed by atoms with Gasteiger partial charge in [-0.15, -0.1) is 0 Å². The van der Waals surface area contributed by atoms with Gasteiger partial charge in [0.25, 0.3) is 0 Å². The van der Waals surface area contributed by atoms with Gasteiger partial charge in [-0.25, -0.2) is 0 Å². The van der Waals surface area contributed by atoms with Crippen molar-refractivity contribution in [2.45, 2.75) is 0 Å². The number of allylic oxidation sites excluding steroid dienone is 15. The zero-order valence-electron chi connectivity index (χ0n) is 13.2. The van der Waals surface area contributed by atoms with Crippen molar-refractivity contribution in [3.8, 4) is 0 Å². The van der Waals surface area contributed by atoms with Crippen LogP contribution in [0.1, 0.15) is 0 Å². The normalized spacial score (nSPS) is 26.0. The Bertz CT molecular complexity index is 774. The molecule has 3 aliphatic rings. The van der Waals surface area contributed by atoms with Crippen LogP contribution in [-0.4, -0.2) is 17.1 Å². The van der Waals surface area contributed by atoms with E-state index in [2.05, 4.69) is 15.0 Å². The summed E-state index contributed by atoms with van der Waals surface area (Å²) in [6.45, 7) is 0. The van der Waals surface area contributed by atoms with E-state index in [1.807, 2.05) is 85.1 Å². The van der Waals surface area contributed by atoms with Gasteiger partial charge in [-0.3, -0.25) is 15.0 Å². The summed E-state index contributed by atoms with van der Waals surface area (Å²) in [5.41, 5.74) is 3.34. The second-order valence-electron chi connectivity index (χ2n) is 4.98. The Morgan fingerprint density at radius 3 is 1.75 bits per heavy atom. The zero-order chi connectivity index (χ0) is 16.5. The molecule has 0 radical (unpaired) electrons. The first kappa shape index (κ1) is 15.6. The smallest absolute Gasteiger partial charge is 0.0980 e. The van der Waals surface area contributed by atoms with Crippen molar-refractivity contribution in [1.82, 2.24) is 0 Å². The number of hydrogen-bond acceptors (Lipinski definition) is 3. The molecule has 0 aromatic heterocycles. The van der Waals surface area contributed by atoms with E-state index in [1.54, 1.807) is 18.6 Å². The van der Waals surface area contributed by atoms with Crippen LogP contribution in [0.5, 0.6) is 0 Å². The van der Waals surface area contributed by atoms with Crippen LogP contribution in [0.3, 0.4) is 0 Å². The van der Waals surface area contributed by atoms with E-state index in [4.69, 9.17) is 0 Å². The lowest BCUT2D eigenvalue weighted by Gasteiger charge is -2.12. The number of aliphatic imine (C=N–C) groups is 3. The maximum absolute atomic E-state index is 4.61. The Morgan fingerprint density at radius 1 is 0.458 bits per heavy atom. The van der Waals surface area contributed by atoms with Gasteiger partial charge in [0.2, 0.25) is 0 Å². The fourth-order valence-corrected chi connectivity index (χ4v) is 2.22. The predicted octanol–water partition coefficient (Wildman–Crippen LogP) is 4.60. The van der Waals surface area contributed by atoms with E-state index in [-0.39, 0.29) is 0 Å². The van der Waals surface area contributed by atoms with E-state index in [9.17, 15) is 0 Å². The molecule has 0 aromatic carbocycles. The van der Waals surface area contributed by atoms with Gasteiger partial charge in [-0.1, -0.05) is 54.7 Å². The van der Waals surface area contributed by atoms with Crippen molar-refractivity contribution in [2.24, 2.45) is 15.0 Å². The van der Waals surface area contributed by atoms with Crippen LogP contribution in [0.4, 0.5) is 0 Å². The molecule has 3 nitrogen and oxygen atoms in total. The Morgan fingerprint density at radius 2 is 1.00 bits per heavy atom. The summed E-state index contributed by atoms with van der Waals surface area (Å²) in [4.78, 5) is 13.7.